The molecule has 0 unspecified atom stereocenters. The Kier molecular flexibility index (Phi) is 6.84. The molecule has 9 rings (SSSR count). The minimum Gasteiger partial charge on any atom is -0.310 e. The van der Waals surface area contributed by atoms with Crippen molar-refractivity contribution in [1.82, 2.24) is 0 Å². The van der Waals surface area contributed by atoms with E-state index in [9.17, 15) is 5.48 Å². The quantitative estimate of drug-likeness (QED) is 0.165. The van der Waals surface area contributed by atoms with Crippen LogP contribution in [0.1, 0.15) is 5.48 Å². The number of anilines is 3. The molecule has 0 amide bonds. The van der Waals surface area contributed by atoms with Crippen LogP contribution in [0.25, 0.3) is 66.1 Å². The number of hydrogen-bond donors (Lipinski definition) is 0. The SMILES string of the molecule is [2H]c1c([2H])c(N(c2cccc(-c3ccc4ccccc4c3)c2)c2cccc(-c3cccc4ccccc34)c2)c([2H])c([2H])c1-c1cccc(-c2ccccc2)c1. The van der Waals surface area contributed by atoms with Crippen molar-refractivity contribution in [2.24, 2.45) is 0 Å². The molecule has 9 aromatic carbocycles. The molecule has 0 spiro atoms. The zero-order chi connectivity index (χ0) is 37.5. The highest BCUT2D eigenvalue weighted by Gasteiger charge is 2.16. The van der Waals surface area contributed by atoms with E-state index in [0.29, 0.717) is 5.56 Å². The monoisotopic (exact) mass is 653 g/mol. The molecular formula is C50H35N. The topological polar surface area (TPSA) is 3.24 Å². The van der Waals surface area contributed by atoms with Crippen molar-refractivity contribution in [3.63, 3.8) is 0 Å². The van der Waals surface area contributed by atoms with Gasteiger partial charge in [0.25, 0.3) is 0 Å². The molecule has 0 aliphatic carbocycles. The van der Waals surface area contributed by atoms with Crippen LogP contribution in [0.15, 0.2) is 212 Å². The fraction of sp³-hybridized carbons (Fsp3) is 0. The number of rotatable bonds is 7. The summed E-state index contributed by atoms with van der Waals surface area (Å²) in [6, 6.07) is 62.7. The molecule has 0 radical (unpaired) electrons. The molecule has 0 atom stereocenters. The highest BCUT2D eigenvalue weighted by atomic mass is 15.1. The lowest BCUT2D eigenvalue weighted by atomic mass is 9.97. The van der Waals surface area contributed by atoms with Gasteiger partial charge in [0.2, 0.25) is 0 Å². The smallest absolute Gasteiger partial charge is 0.0645 e. The van der Waals surface area contributed by atoms with E-state index < -0.39 is 0 Å². The average Bonchev–Trinajstić information content (AvgIpc) is 3.24. The molecule has 0 N–H and O–H groups in total. The number of hydrogen-bond acceptors (Lipinski definition) is 1. The fourth-order valence-corrected chi connectivity index (χ4v) is 6.94. The molecular weight excluding hydrogens is 615 g/mol. The Morgan fingerprint density at radius 2 is 0.824 bits per heavy atom. The maximum atomic E-state index is 9.57. The first-order valence-electron chi connectivity index (χ1n) is 19.2. The summed E-state index contributed by atoms with van der Waals surface area (Å²) in [4.78, 5) is 1.88. The van der Waals surface area contributed by atoms with Crippen LogP contribution in [-0.4, -0.2) is 0 Å². The van der Waals surface area contributed by atoms with Gasteiger partial charge in [0.05, 0.1) is 5.48 Å². The van der Waals surface area contributed by atoms with E-state index in [1.807, 2.05) is 108 Å². The molecule has 0 aliphatic heterocycles. The van der Waals surface area contributed by atoms with E-state index in [4.69, 9.17) is 0 Å². The summed E-state index contributed by atoms with van der Waals surface area (Å²) in [7, 11) is 0. The third-order valence-corrected chi connectivity index (χ3v) is 9.49. The zero-order valence-corrected chi connectivity index (χ0v) is 27.8. The molecule has 0 bridgehead atoms. The highest BCUT2D eigenvalue weighted by Crippen LogP contribution is 2.40. The van der Waals surface area contributed by atoms with E-state index in [1.54, 1.807) is 0 Å². The third kappa shape index (κ3) is 6.07. The Morgan fingerprint density at radius 1 is 0.294 bits per heavy atom. The van der Waals surface area contributed by atoms with Crippen LogP contribution in [0.4, 0.5) is 17.1 Å². The second-order valence-electron chi connectivity index (χ2n) is 12.7. The van der Waals surface area contributed by atoms with Gasteiger partial charge in [-0.05, 0) is 115 Å². The molecule has 0 heterocycles. The fourth-order valence-electron chi connectivity index (χ4n) is 6.94. The van der Waals surface area contributed by atoms with Gasteiger partial charge in [-0.15, -0.1) is 0 Å². The van der Waals surface area contributed by atoms with Gasteiger partial charge in [-0.1, -0.05) is 164 Å². The standard InChI is InChI=1S/C50H35N/c1-2-12-36(13-3-1)41-18-8-19-42(32-41)38-28-30-46(31-29-38)51(47-22-9-20-43(34-47)44-27-26-37-14-4-5-16-40(37)33-44)48-23-10-21-45(35-48)50-25-11-17-39-15-6-7-24-49(39)50/h1-35H/i28D,29D,30D,31D. The summed E-state index contributed by atoms with van der Waals surface area (Å²) in [6.45, 7) is 0. The maximum Gasteiger partial charge on any atom is 0.0645 e. The highest BCUT2D eigenvalue weighted by molar-refractivity contribution is 5.97. The van der Waals surface area contributed by atoms with Crippen LogP contribution in [-0.2, 0) is 0 Å². The van der Waals surface area contributed by atoms with Crippen LogP contribution in [0.5, 0.6) is 0 Å². The van der Waals surface area contributed by atoms with Gasteiger partial charge in [-0.2, -0.15) is 0 Å². The second-order valence-corrected chi connectivity index (χ2v) is 12.7. The van der Waals surface area contributed by atoms with Gasteiger partial charge in [0, 0.05) is 17.1 Å². The van der Waals surface area contributed by atoms with Crippen molar-refractivity contribution in [3.05, 3.63) is 212 Å². The number of benzene rings is 9. The van der Waals surface area contributed by atoms with E-state index in [1.165, 1.54) is 0 Å². The summed E-state index contributed by atoms with van der Waals surface area (Å²) in [5.74, 6) is 0. The summed E-state index contributed by atoms with van der Waals surface area (Å²) >= 11 is 0. The van der Waals surface area contributed by atoms with Crippen molar-refractivity contribution < 1.29 is 5.48 Å². The molecule has 0 saturated heterocycles. The summed E-state index contributed by atoms with van der Waals surface area (Å²) in [6.07, 6.45) is 0. The van der Waals surface area contributed by atoms with Gasteiger partial charge in [0.1, 0.15) is 0 Å². The molecule has 1 heteroatoms. The molecule has 0 saturated carbocycles. The van der Waals surface area contributed by atoms with Crippen LogP contribution >= 0.6 is 0 Å². The zero-order valence-electron chi connectivity index (χ0n) is 31.8. The van der Waals surface area contributed by atoms with Crippen molar-refractivity contribution >= 4 is 38.6 Å². The van der Waals surface area contributed by atoms with Crippen LogP contribution in [0.2, 0.25) is 0 Å². The van der Waals surface area contributed by atoms with E-state index in [-0.39, 0.29) is 35.4 Å². The Labute approximate surface area is 305 Å². The predicted molar refractivity (Wildman–Crippen MR) is 218 cm³/mol. The predicted octanol–water partition coefficient (Wildman–Crippen LogP) is 14.1. The summed E-state index contributed by atoms with van der Waals surface area (Å²) in [5, 5.41) is 4.55. The van der Waals surface area contributed by atoms with E-state index >= 15 is 0 Å². The van der Waals surface area contributed by atoms with Crippen molar-refractivity contribution in [1.29, 1.82) is 0 Å². The van der Waals surface area contributed by atoms with Crippen molar-refractivity contribution in [2.75, 3.05) is 4.90 Å². The Balaban J connectivity index is 1.24. The van der Waals surface area contributed by atoms with E-state index in [0.717, 1.165) is 66.3 Å². The first-order chi connectivity index (χ1) is 26.9. The Hall–Kier alpha value is -6.70. The number of nitrogens with zero attached hydrogens (tertiary/aromatic N) is 1. The van der Waals surface area contributed by atoms with Gasteiger partial charge >= 0.3 is 0 Å². The van der Waals surface area contributed by atoms with Crippen LogP contribution in [0.3, 0.4) is 0 Å². The summed E-state index contributed by atoms with van der Waals surface area (Å²) in [5.41, 5.74) is 8.55. The van der Waals surface area contributed by atoms with Gasteiger partial charge in [-0.3, -0.25) is 0 Å². The Bertz CT molecular complexity index is 2850. The normalized spacial score (nSPS) is 12.2. The average molecular weight is 654 g/mol. The maximum absolute atomic E-state index is 9.57. The second kappa shape index (κ2) is 13.3. The minimum absolute atomic E-state index is 0.0953. The van der Waals surface area contributed by atoms with Gasteiger partial charge in [0.15, 0.2) is 0 Å². The van der Waals surface area contributed by atoms with Gasteiger partial charge < -0.3 is 4.90 Å². The molecule has 51 heavy (non-hydrogen) atoms. The lowest BCUT2D eigenvalue weighted by Gasteiger charge is -2.27. The first-order valence-corrected chi connectivity index (χ1v) is 17.2. The molecule has 9 aromatic rings. The molecule has 0 aliphatic rings. The van der Waals surface area contributed by atoms with Crippen LogP contribution < -0.4 is 4.90 Å². The van der Waals surface area contributed by atoms with Gasteiger partial charge in [-0.25, -0.2) is 0 Å². The molecule has 1 nitrogen and oxygen atoms in total. The largest absolute Gasteiger partial charge is 0.310 e. The van der Waals surface area contributed by atoms with Crippen molar-refractivity contribution in [2.45, 2.75) is 0 Å². The number of fused-ring (bicyclic) bond motifs is 2. The van der Waals surface area contributed by atoms with Crippen molar-refractivity contribution in [3.8, 4) is 44.5 Å². The van der Waals surface area contributed by atoms with Crippen LogP contribution in [0, 0.1) is 0 Å². The third-order valence-electron chi connectivity index (χ3n) is 9.49. The molecule has 0 fully saturated rings. The minimum atomic E-state index is -0.118. The Morgan fingerprint density at radius 3 is 1.61 bits per heavy atom. The van der Waals surface area contributed by atoms with E-state index in [2.05, 4.69) is 84.9 Å². The lowest BCUT2D eigenvalue weighted by Crippen LogP contribution is -2.10. The molecule has 240 valence electrons. The summed E-state index contributed by atoms with van der Waals surface area (Å²) < 4.78 is 38.0. The first kappa shape index (κ1) is 26.2. The molecule has 0 aromatic heterocycles. The lowest BCUT2D eigenvalue weighted by molar-refractivity contribution is 1.28.